The molecule has 1 aliphatic rings. The Morgan fingerprint density at radius 2 is 1.96 bits per heavy atom. The molecule has 5 heteroatoms. The van der Waals surface area contributed by atoms with Gasteiger partial charge in [0, 0.05) is 17.5 Å². The van der Waals surface area contributed by atoms with Gasteiger partial charge in [0.25, 0.3) is 5.91 Å². The van der Waals surface area contributed by atoms with Gasteiger partial charge < -0.3 is 5.32 Å². The number of carbonyl (C=O) groups is 1. The lowest BCUT2D eigenvalue weighted by Gasteiger charge is -2.09. The van der Waals surface area contributed by atoms with Crippen LogP contribution in [-0.2, 0) is 6.54 Å². The van der Waals surface area contributed by atoms with Crippen LogP contribution >= 0.6 is 0 Å². The fraction of sp³-hybridized carbons (Fsp3) is 0.333. The van der Waals surface area contributed by atoms with E-state index in [0.29, 0.717) is 23.2 Å². The number of amides is 1. The van der Waals surface area contributed by atoms with E-state index < -0.39 is 0 Å². The molecule has 2 aromatic carbocycles. The van der Waals surface area contributed by atoms with Crippen LogP contribution in [0.25, 0.3) is 10.9 Å². The Morgan fingerprint density at radius 1 is 1.23 bits per heavy atom. The number of hydrogen-bond donors (Lipinski definition) is 1. The predicted octanol–water partition coefficient (Wildman–Crippen LogP) is 4.96. The number of nitrogens with zero attached hydrogens (tertiary/aromatic N) is 2. The van der Waals surface area contributed by atoms with Crippen molar-refractivity contribution in [1.82, 2.24) is 9.78 Å². The van der Waals surface area contributed by atoms with Gasteiger partial charge in [0.05, 0.1) is 5.52 Å². The molecule has 26 heavy (non-hydrogen) atoms. The average Bonchev–Trinajstić information content (AvgIpc) is 3.40. The zero-order chi connectivity index (χ0) is 18.3. The van der Waals surface area contributed by atoms with E-state index in [1.54, 1.807) is 0 Å². The predicted molar refractivity (Wildman–Crippen MR) is 101 cm³/mol. The van der Waals surface area contributed by atoms with Gasteiger partial charge in [-0.15, -0.1) is 0 Å². The summed E-state index contributed by atoms with van der Waals surface area (Å²) in [6.45, 7) is 5.11. The lowest BCUT2D eigenvalue weighted by molar-refractivity contribution is 0.102. The van der Waals surface area contributed by atoms with Crippen molar-refractivity contribution in [2.75, 3.05) is 5.32 Å². The summed E-state index contributed by atoms with van der Waals surface area (Å²) in [4.78, 5) is 12.5. The summed E-state index contributed by atoms with van der Waals surface area (Å²) in [5.41, 5.74) is 2.85. The van der Waals surface area contributed by atoms with Crippen LogP contribution in [0.2, 0.25) is 0 Å². The first-order valence-electron chi connectivity index (χ1n) is 9.09. The Kier molecular flexibility index (Phi) is 4.23. The molecule has 1 heterocycles. The molecule has 1 amide bonds. The van der Waals surface area contributed by atoms with E-state index >= 15 is 0 Å². The summed E-state index contributed by atoms with van der Waals surface area (Å²) in [6.07, 6.45) is 2.42. The van der Waals surface area contributed by atoms with Crippen LogP contribution in [0.5, 0.6) is 0 Å². The quantitative estimate of drug-likeness (QED) is 0.706. The third-order valence-electron chi connectivity index (χ3n) is 4.69. The highest BCUT2D eigenvalue weighted by molar-refractivity contribution is 6.08. The largest absolute Gasteiger partial charge is 0.305 e. The normalized spacial score (nSPS) is 14.2. The Hall–Kier alpha value is -2.69. The maximum absolute atomic E-state index is 13.1. The minimum Gasteiger partial charge on any atom is -0.305 e. The fourth-order valence-corrected chi connectivity index (χ4v) is 3.34. The molecule has 4 nitrogen and oxygen atoms in total. The highest BCUT2D eigenvalue weighted by atomic mass is 19.1. The number of nitrogens with one attached hydrogen (secondary N) is 1. The van der Waals surface area contributed by atoms with Gasteiger partial charge in [0.15, 0.2) is 5.82 Å². The average molecular weight is 351 g/mol. The molecule has 134 valence electrons. The van der Waals surface area contributed by atoms with Crippen molar-refractivity contribution < 1.29 is 9.18 Å². The molecule has 0 radical (unpaired) electrons. The lowest BCUT2D eigenvalue weighted by Crippen LogP contribution is -2.13. The van der Waals surface area contributed by atoms with Gasteiger partial charge in [-0.1, -0.05) is 26.0 Å². The van der Waals surface area contributed by atoms with Crippen molar-refractivity contribution in [3.05, 3.63) is 59.4 Å². The molecular formula is C21H22FN3O. The number of fused-ring (bicyclic) bond motifs is 1. The summed E-state index contributed by atoms with van der Waals surface area (Å²) in [7, 11) is 0. The number of para-hydroxylation sites is 1. The molecule has 0 atom stereocenters. The van der Waals surface area contributed by atoms with Gasteiger partial charge in [0.1, 0.15) is 5.82 Å². The number of benzene rings is 2. The van der Waals surface area contributed by atoms with E-state index in [4.69, 9.17) is 5.10 Å². The van der Waals surface area contributed by atoms with Crippen molar-refractivity contribution in [3.63, 3.8) is 0 Å². The number of carbonyl (C=O) groups excluding carboxylic acids is 1. The molecule has 0 unspecified atom stereocenters. The molecule has 1 saturated carbocycles. The molecule has 1 fully saturated rings. The summed E-state index contributed by atoms with van der Waals surface area (Å²) < 4.78 is 15.1. The molecule has 1 N–H and O–H groups in total. The molecule has 0 aliphatic heterocycles. The van der Waals surface area contributed by atoms with Crippen LogP contribution in [0.1, 0.15) is 48.5 Å². The minimum atomic E-state index is -0.359. The maximum atomic E-state index is 13.1. The van der Waals surface area contributed by atoms with E-state index in [1.807, 2.05) is 16.8 Å². The van der Waals surface area contributed by atoms with Crippen LogP contribution in [0, 0.1) is 11.7 Å². The Morgan fingerprint density at radius 3 is 2.62 bits per heavy atom. The molecule has 0 spiro atoms. The van der Waals surface area contributed by atoms with Gasteiger partial charge in [-0.3, -0.25) is 9.48 Å². The molecule has 0 saturated heterocycles. The van der Waals surface area contributed by atoms with Crippen LogP contribution in [-0.4, -0.2) is 15.7 Å². The van der Waals surface area contributed by atoms with E-state index in [9.17, 15) is 9.18 Å². The highest BCUT2D eigenvalue weighted by Gasteiger charge is 2.28. The first kappa shape index (κ1) is 16.8. The number of rotatable bonds is 5. The zero-order valence-corrected chi connectivity index (χ0v) is 15.0. The third-order valence-corrected chi connectivity index (χ3v) is 4.69. The van der Waals surface area contributed by atoms with Gasteiger partial charge in [0.2, 0.25) is 0 Å². The van der Waals surface area contributed by atoms with Crippen molar-refractivity contribution in [2.24, 2.45) is 5.92 Å². The molecule has 4 rings (SSSR count). The fourth-order valence-electron chi connectivity index (χ4n) is 3.34. The number of anilines is 1. The second-order valence-corrected chi connectivity index (χ2v) is 7.40. The first-order valence-corrected chi connectivity index (χ1v) is 9.09. The molecular weight excluding hydrogens is 329 g/mol. The topological polar surface area (TPSA) is 46.9 Å². The van der Waals surface area contributed by atoms with Crippen LogP contribution in [0.15, 0.2) is 42.5 Å². The second-order valence-electron chi connectivity index (χ2n) is 7.40. The van der Waals surface area contributed by atoms with Crippen molar-refractivity contribution >= 4 is 22.6 Å². The number of hydrogen-bond acceptors (Lipinski definition) is 2. The Labute approximate surface area is 152 Å². The minimum absolute atomic E-state index is 0.280. The number of aromatic nitrogens is 2. The summed E-state index contributed by atoms with van der Waals surface area (Å²) in [6, 6.07) is 11.7. The van der Waals surface area contributed by atoms with Crippen LogP contribution in [0.3, 0.4) is 0 Å². The Balaban J connectivity index is 1.73. The van der Waals surface area contributed by atoms with Gasteiger partial charge in [-0.2, -0.15) is 5.10 Å². The lowest BCUT2D eigenvalue weighted by atomic mass is 10.1. The summed E-state index contributed by atoms with van der Waals surface area (Å²) in [5.74, 6) is 0.977. The first-order chi connectivity index (χ1) is 12.5. The van der Waals surface area contributed by atoms with E-state index in [1.165, 1.54) is 42.7 Å². The van der Waals surface area contributed by atoms with E-state index in [-0.39, 0.29) is 11.7 Å². The van der Waals surface area contributed by atoms with E-state index in [2.05, 4.69) is 25.2 Å². The zero-order valence-electron chi connectivity index (χ0n) is 15.0. The van der Waals surface area contributed by atoms with Crippen molar-refractivity contribution in [2.45, 2.75) is 39.2 Å². The summed E-state index contributed by atoms with van der Waals surface area (Å²) in [5, 5.41) is 8.56. The number of halogens is 1. The maximum Gasteiger partial charge on any atom is 0.256 e. The second kappa shape index (κ2) is 6.56. The van der Waals surface area contributed by atoms with Crippen LogP contribution in [0.4, 0.5) is 10.2 Å². The van der Waals surface area contributed by atoms with E-state index in [0.717, 1.165) is 17.4 Å². The van der Waals surface area contributed by atoms with Gasteiger partial charge >= 0.3 is 0 Å². The summed E-state index contributed by atoms with van der Waals surface area (Å²) >= 11 is 0. The smallest absolute Gasteiger partial charge is 0.256 e. The van der Waals surface area contributed by atoms with Crippen molar-refractivity contribution in [1.29, 1.82) is 0 Å². The Bertz CT molecular complexity index is 955. The van der Waals surface area contributed by atoms with Gasteiger partial charge in [-0.05, 0) is 60.6 Å². The third kappa shape index (κ3) is 3.21. The molecule has 1 aromatic heterocycles. The molecule has 1 aliphatic carbocycles. The highest BCUT2D eigenvalue weighted by Crippen LogP contribution is 2.44. The van der Waals surface area contributed by atoms with Crippen molar-refractivity contribution in [3.8, 4) is 0 Å². The van der Waals surface area contributed by atoms with Gasteiger partial charge in [-0.25, -0.2) is 4.39 Å². The van der Waals surface area contributed by atoms with Crippen LogP contribution < -0.4 is 5.32 Å². The standard InChI is InChI=1S/C21H22FN3O/c1-13(2)12-25-19-17(14-6-7-14)4-3-5-18(19)20(24-25)23-21(26)15-8-10-16(22)11-9-15/h3-5,8-11,13-14H,6-7,12H2,1-2H3,(H,23,24,26). The molecule has 0 bridgehead atoms. The SMILES string of the molecule is CC(C)Cn1nc(NC(=O)c2ccc(F)cc2)c2cccc(C3CC3)c21. The molecule has 3 aromatic rings. The monoisotopic (exact) mass is 351 g/mol.